The van der Waals surface area contributed by atoms with E-state index >= 15 is 0 Å². The normalized spacial score (nSPS) is 12.6. The van der Waals surface area contributed by atoms with Crippen molar-refractivity contribution in [1.29, 1.82) is 0 Å². The second-order valence-corrected chi connectivity index (χ2v) is 20.2. The molecule has 4 aromatic carbocycles. The summed E-state index contributed by atoms with van der Waals surface area (Å²) in [5.74, 6) is 0.400. The number of aryl methyl sites for hydroxylation is 4. The SMILES string of the molecule is CCCCNC(=O)Nc1c(C)cc(C)c(Nc2ccc3c(-c4ccccc4S(=O)(=O)O)c4cc(S(=O)(=O)O)/c(=N\c5c(C)cc(C)c(NC(=O)NCC(CC)CCCC)c5C)cc-4oc3c2)c1C. The third kappa shape index (κ3) is 11.5. The predicted molar refractivity (Wildman–Crippen MR) is 270 cm³/mol. The summed E-state index contributed by atoms with van der Waals surface area (Å²) < 4.78 is 80.3. The average molecular weight is 967 g/mol. The number of benzene rings is 5. The molecular formula is C51H62N6O9S2. The first kappa shape index (κ1) is 51.1. The summed E-state index contributed by atoms with van der Waals surface area (Å²) in [7, 11) is -9.84. The number of hydrogen-bond donors (Lipinski definition) is 7. The smallest absolute Gasteiger partial charge is 0.319 e. The van der Waals surface area contributed by atoms with Crippen molar-refractivity contribution >= 4 is 71.7 Å². The Morgan fingerprint density at radius 1 is 0.676 bits per heavy atom. The van der Waals surface area contributed by atoms with Crippen LogP contribution in [0.3, 0.4) is 0 Å². The second-order valence-electron chi connectivity index (χ2n) is 17.4. The molecule has 6 rings (SSSR count). The van der Waals surface area contributed by atoms with E-state index in [-0.39, 0.29) is 39.4 Å². The lowest BCUT2D eigenvalue weighted by atomic mass is 9.93. The van der Waals surface area contributed by atoms with Crippen molar-refractivity contribution in [2.24, 2.45) is 10.9 Å². The number of amides is 4. The predicted octanol–water partition coefficient (Wildman–Crippen LogP) is 11.8. The van der Waals surface area contributed by atoms with Crippen LogP contribution in [0.4, 0.5) is 38.0 Å². The Morgan fingerprint density at radius 2 is 1.29 bits per heavy atom. The van der Waals surface area contributed by atoms with Gasteiger partial charge in [-0.2, -0.15) is 16.8 Å². The third-order valence-corrected chi connectivity index (χ3v) is 14.1. The number of fused-ring (bicyclic) bond motifs is 2. The quantitative estimate of drug-likeness (QED) is 0.0260. The zero-order chi connectivity index (χ0) is 49.7. The summed E-state index contributed by atoms with van der Waals surface area (Å²) in [4.78, 5) is 29.9. The van der Waals surface area contributed by atoms with Crippen molar-refractivity contribution < 1.29 is 39.9 Å². The number of unbranched alkanes of at least 4 members (excludes halogenated alkanes) is 2. The molecule has 7 N–H and O–H groups in total. The van der Waals surface area contributed by atoms with E-state index in [4.69, 9.17) is 9.41 Å². The number of carbonyl (C=O) groups excluding carboxylic acids is 2. The van der Waals surface area contributed by atoms with Gasteiger partial charge in [-0.3, -0.25) is 9.11 Å². The average Bonchev–Trinajstić information content (AvgIpc) is 3.27. The molecule has 0 bridgehead atoms. The number of nitrogens with zero attached hydrogens (tertiary/aromatic N) is 1. The maximum atomic E-state index is 13.3. The van der Waals surface area contributed by atoms with Crippen molar-refractivity contribution in [2.45, 2.75) is 111 Å². The fourth-order valence-corrected chi connectivity index (χ4v) is 10.0. The number of urea groups is 2. The number of hydrogen-bond acceptors (Lipinski definition) is 9. The van der Waals surface area contributed by atoms with Crippen molar-refractivity contribution in [3.63, 3.8) is 0 Å². The van der Waals surface area contributed by atoms with Crippen LogP contribution in [-0.2, 0) is 20.2 Å². The summed E-state index contributed by atoms with van der Waals surface area (Å²) in [6.45, 7) is 18.5. The molecule has 0 spiro atoms. The second kappa shape index (κ2) is 21.4. The standard InChI is InChI=1S/C51H62N6O9S2/c1-10-13-17-35(12-3)28-53-51(59)57-49-32(7)24-30(5)47(34(49)9)55-40-27-42-39(26-44(40)68(63,64)65)45(38-18-15-16-19-43(38)67(60,61)62)37-21-20-36(25-41(37)66-42)54-46-29(4)23-31(6)48(33(46)8)56-50(58)52-22-14-11-2/h15-16,18-21,23-27,35,54H,10-14,17,22,28H2,1-9H3,(H2,52,56,58)(H2,53,57,59)(H,60,61,62)(H,63,64,65)/b55-40-. The van der Waals surface area contributed by atoms with Crippen LogP contribution in [0.2, 0.25) is 0 Å². The first-order valence-electron chi connectivity index (χ1n) is 22.9. The maximum Gasteiger partial charge on any atom is 0.319 e. The van der Waals surface area contributed by atoms with Gasteiger partial charge < -0.3 is 31.0 Å². The van der Waals surface area contributed by atoms with E-state index in [0.717, 1.165) is 66.5 Å². The molecule has 0 saturated heterocycles. The molecule has 0 aromatic heterocycles. The highest BCUT2D eigenvalue weighted by Crippen LogP contribution is 2.44. The molecule has 2 aliphatic rings. The van der Waals surface area contributed by atoms with Gasteiger partial charge in [0, 0.05) is 58.7 Å². The molecule has 362 valence electrons. The summed E-state index contributed by atoms with van der Waals surface area (Å²) in [6.07, 6.45) is 5.85. The van der Waals surface area contributed by atoms with Crippen LogP contribution in [0.25, 0.3) is 33.4 Å². The Morgan fingerprint density at radius 3 is 1.94 bits per heavy atom. The highest BCUT2D eigenvalue weighted by atomic mass is 32.2. The minimum Gasteiger partial charge on any atom is -0.456 e. The van der Waals surface area contributed by atoms with E-state index in [1.165, 1.54) is 30.3 Å². The Hall–Kier alpha value is -6.27. The fraction of sp³-hybridized carbons (Fsp3) is 0.353. The molecule has 4 amide bonds. The minimum atomic E-state index is -5.02. The topological polar surface area (TPSA) is 229 Å². The molecule has 1 heterocycles. The zero-order valence-corrected chi connectivity index (χ0v) is 41.7. The lowest BCUT2D eigenvalue weighted by Gasteiger charge is -2.21. The van der Waals surface area contributed by atoms with Crippen molar-refractivity contribution in [1.82, 2.24) is 10.6 Å². The van der Waals surface area contributed by atoms with Gasteiger partial charge in [-0.05, 0) is 118 Å². The van der Waals surface area contributed by atoms with E-state index in [2.05, 4.69) is 40.4 Å². The number of nitrogens with one attached hydrogen (secondary N) is 5. The fourth-order valence-electron chi connectivity index (χ4n) is 8.72. The van der Waals surface area contributed by atoms with Crippen LogP contribution in [0, 0.1) is 47.5 Å². The van der Waals surface area contributed by atoms with Crippen LogP contribution in [-0.4, -0.2) is 51.1 Å². The van der Waals surface area contributed by atoms with Crippen molar-refractivity contribution in [2.75, 3.05) is 29.0 Å². The van der Waals surface area contributed by atoms with E-state index in [9.17, 15) is 35.5 Å². The van der Waals surface area contributed by atoms with Crippen LogP contribution in [0.5, 0.6) is 0 Å². The lowest BCUT2D eigenvalue weighted by Crippen LogP contribution is -2.33. The van der Waals surface area contributed by atoms with E-state index in [1.807, 2.05) is 46.8 Å². The molecule has 0 saturated carbocycles. The Labute approximate surface area is 399 Å². The minimum absolute atomic E-state index is 0.0421. The molecule has 0 radical (unpaired) electrons. The van der Waals surface area contributed by atoms with Gasteiger partial charge in [0.2, 0.25) is 0 Å². The zero-order valence-electron chi connectivity index (χ0n) is 40.1. The number of carbonyl (C=O) groups is 2. The van der Waals surface area contributed by atoms with Crippen LogP contribution in [0.1, 0.15) is 92.7 Å². The van der Waals surface area contributed by atoms with E-state index in [0.29, 0.717) is 58.3 Å². The molecule has 4 aromatic rings. The monoisotopic (exact) mass is 966 g/mol. The molecule has 17 heteroatoms. The first-order chi connectivity index (χ1) is 32.2. The number of rotatable bonds is 17. The molecule has 0 fully saturated rings. The Balaban J connectivity index is 1.55. The van der Waals surface area contributed by atoms with Gasteiger partial charge in [-0.25, -0.2) is 14.6 Å². The maximum absolute atomic E-state index is 13.3. The molecule has 15 nitrogen and oxygen atoms in total. The molecule has 68 heavy (non-hydrogen) atoms. The number of anilines is 4. The molecule has 1 aliphatic heterocycles. The summed E-state index contributed by atoms with van der Waals surface area (Å²) in [6, 6.07) is 16.5. The largest absolute Gasteiger partial charge is 0.456 e. The third-order valence-electron chi connectivity index (χ3n) is 12.3. The lowest BCUT2D eigenvalue weighted by molar-refractivity contribution is 0.249. The van der Waals surface area contributed by atoms with Crippen LogP contribution in [0.15, 0.2) is 85.9 Å². The van der Waals surface area contributed by atoms with Crippen LogP contribution < -0.4 is 31.9 Å². The van der Waals surface area contributed by atoms with E-state index in [1.54, 1.807) is 38.1 Å². The molecule has 1 aliphatic carbocycles. The van der Waals surface area contributed by atoms with Crippen LogP contribution >= 0.6 is 0 Å². The van der Waals surface area contributed by atoms with Crippen molar-refractivity contribution in [3.05, 3.63) is 105 Å². The Bertz CT molecular complexity index is 3170. The molecule has 1 unspecified atom stereocenters. The van der Waals surface area contributed by atoms with Gasteiger partial charge >= 0.3 is 12.1 Å². The first-order valence-corrected chi connectivity index (χ1v) is 25.8. The van der Waals surface area contributed by atoms with Gasteiger partial charge in [0.25, 0.3) is 20.2 Å². The van der Waals surface area contributed by atoms with Gasteiger partial charge in [0.05, 0.1) is 22.4 Å². The molecular weight excluding hydrogens is 905 g/mol. The van der Waals surface area contributed by atoms with Gasteiger partial charge in [0.15, 0.2) is 0 Å². The summed E-state index contributed by atoms with van der Waals surface area (Å²) >= 11 is 0. The summed E-state index contributed by atoms with van der Waals surface area (Å²) in [5, 5.41) is 15.5. The summed E-state index contributed by atoms with van der Waals surface area (Å²) in [5.41, 5.74) is 7.83. The highest BCUT2D eigenvalue weighted by Gasteiger charge is 2.27. The van der Waals surface area contributed by atoms with Gasteiger partial charge in [-0.1, -0.05) is 76.8 Å². The van der Waals surface area contributed by atoms with Gasteiger partial charge in [-0.15, -0.1) is 0 Å². The van der Waals surface area contributed by atoms with Gasteiger partial charge in [0.1, 0.15) is 21.1 Å². The van der Waals surface area contributed by atoms with Crippen molar-refractivity contribution in [3.8, 4) is 22.5 Å². The molecule has 1 atom stereocenters. The van der Waals surface area contributed by atoms with E-state index < -0.39 is 36.1 Å². The highest BCUT2D eigenvalue weighted by molar-refractivity contribution is 7.86. The Kier molecular flexibility index (Phi) is 16.1.